The molecule has 0 radical (unpaired) electrons. The van der Waals surface area contributed by atoms with Gasteiger partial charge in [-0.05, 0) is 25.1 Å². The van der Waals surface area contributed by atoms with Crippen LogP contribution in [0.1, 0.15) is 12.7 Å². The van der Waals surface area contributed by atoms with Crippen molar-refractivity contribution in [3.05, 3.63) is 41.9 Å². The van der Waals surface area contributed by atoms with Gasteiger partial charge in [-0.3, -0.25) is 4.79 Å². The Morgan fingerprint density at radius 1 is 1.23 bits per heavy atom. The molecular formula is C15H11F2N3O2. The number of H-pyrrole nitrogens is 1. The van der Waals surface area contributed by atoms with E-state index < -0.39 is 17.6 Å². The second-order valence-electron chi connectivity index (χ2n) is 4.72. The number of benzene rings is 1. The molecule has 1 aromatic carbocycles. The molecule has 0 fully saturated rings. The Kier molecular flexibility index (Phi) is 3.32. The summed E-state index contributed by atoms with van der Waals surface area (Å²) in [6.07, 6.45) is 1.48. The van der Waals surface area contributed by atoms with Crippen LogP contribution in [0.25, 0.3) is 22.3 Å². The van der Waals surface area contributed by atoms with Gasteiger partial charge in [0.15, 0.2) is 17.4 Å². The Balaban J connectivity index is 2.28. The molecule has 0 aliphatic heterocycles. The molecule has 2 heterocycles. The highest BCUT2D eigenvalue weighted by Crippen LogP contribution is 2.33. The molecule has 5 nitrogen and oxygen atoms in total. The van der Waals surface area contributed by atoms with Crippen molar-refractivity contribution in [2.24, 2.45) is 0 Å². The highest BCUT2D eigenvalue weighted by atomic mass is 19.2. The number of nitrogens with zero attached hydrogens (tertiary/aromatic N) is 2. The fourth-order valence-electron chi connectivity index (χ4n) is 2.20. The number of ether oxygens (including phenoxy) is 1. The first kappa shape index (κ1) is 14.1. The van der Waals surface area contributed by atoms with Gasteiger partial charge in [-0.25, -0.2) is 18.7 Å². The number of esters is 1. The molecule has 3 rings (SSSR count). The van der Waals surface area contributed by atoms with Gasteiger partial charge in [0.05, 0.1) is 11.1 Å². The number of hydrogen-bond acceptors (Lipinski definition) is 4. The third kappa shape index (κ3) is 2.41. The smallest absolute Gasteiger partial charge is 0.308 e. The predicted octanol–water partition coefficient (Wildman–Crippen LogP) is 3.14. The number of aryl methyl sites for hydroxylation is 1. The maximum Gasteiger partial charge on any atom is 0.308 e. The van der Waals surface area contributed by atoms with E-state index >= 15 is 0 Å². The molecule has 2 aromatic heterocycles. The standard InChI is InChI=1S/C15H11F2N3O2/c1-7-19-14(9-3-4-10(16)11(17)5-9)13-12(22-8(2)21)6-18-15(13)20-7/h3-6H,1-2H3,(H,18,19,20). The second kappa shape index (κ2) is 5.18. The van der Waals surface area contributed by atoms with Crippen molar-refractivity contribution in [1.29, 1.82) is 0 Å². The number of fused-ring (bicyclic) bond motifs is 1. The van der Waals surface area contributed by atoms with Crippen LogP contribution in [-0.4, -0.2) is 20.9 Å². The van der Waals surface area contributed by atoms with Gasteiger partial charge < -0.3 is 9.72 Å². The number of carbonyl (C=O) groups excluding carboxylic acids is 1. The summed E-state index contributed by atoms with van der Waals surface area (Å²) in [6, 6.07) is 3.47. The highest BCUT2D eigenvalue weighted by molar-refractivity contribution is 5.97. The van der Waals surface area contributed by atoms with E-state index in [0.717, 1.165) is 12.1 Å². The average molecular weight is 303 g/mol. The maximum atomic E-state index is 13.5. The zero-order valence-electron chi connectivity index (χ0n) is 11.8. The highest BCUT2D eigenvalue weighted by Gasteiger charge is 2.17. The third-order valence-corrected chi connectivity index (χ3v) is 3.05. The van der Waals surface area contributed by atoms with Crippen LogP contribution in [0, 0.1) is 18.6 Å². The number of rotatable bonds is 2. The topological polar surface area (TPSA) is 67.9 Å². The van der Waals surface area contributed by atoms with Crippen molar-refractivity contribution >= 4 is 17.0 Å². The molecular weight excluding hydrogens is 292 g/mol. The SMILES string of the molecule is CC(=O)Oc1c[nH]c2nc(C)nc(-c3ccc(F)c(F)c3)c12. The van der Waals surface area contributed by atoms with Gasteiger partial charge in [0.1, 0.15) is 11.5 Å². The van der Waals surface area contributed by atoms with E-state index in [1.54, 1.807) is 6.92 Å². The first-order valence-electron chi connectivity index (χ1n) is 6.45. The zero-order chi connectivity index (χ0) is 15.9. The van der Waals surface area contributed by atoms with E-state index in [1.807, 2.05) is 0 Å². The van der Waals surface area contributed by atoms with Crippen molar-refractivity contribution in [2.45, 2.75) is 13.8 Å². The molecule has 112 valence electrons. The molecule has 0 aliphatic rings. The van der Waals surface area contributed by atoms with E-state index in [9.17, 15) is 13.6 Å². The lowest BCUT2D eigenvalue weighted by molar-refractivity contribution is -0.131. The van der Waals surface area contributed by atoms with E-state index in [4.69, 9.17) is 4.74 Å². The molecule has 0 aliphatic carbocycles. The van der Waals surface area contributed by atoms with Crippen molar-refractivity contribution in [3.8, 4) is 17.0 Å². The van der Waals surface area contributed by atoms with Crippen LogP contribution >= 0.6 is 0 Å². The second-order valence-corrected chi connectivity index (χ2v) is 4.72. The molecule has 0 saturated heterocycles. The Hall–Kier alpha value is -2.83. The van der Waals surface area contributed by atoms with Crippen LogP contribution in [-0.2, 0) is 4.79 Å². The number of carbonyl (C=O) groups is 1. The molecule has 0 amide bonds. The molecule has 0 unspecified atom stereocenters. The van der Waals surface area contributed by atoms with Gasteiger partial charge in [0, 0.05) is 18.7 Å². The normalized spacial score (nSPS) is 10.9. The number of nitrogens with one attached hydrogen (secondary N) is 1. The van der Waals surface area contributed by atoms with E-state index in [0.29, 0.717) is 28.1 Å². The molecule has 0 atom stereocenters. The fraction of sp³-hybridized carbons (Fsp3) is 0.133. The molecule has 0 bridgehead atoms. The maximum absolute atomic E-state index is 13.5. The minimum absolute atomic E-state index is 0.238. The molecule has 3 aromatic rings. The molecule has 1 N–H and O–H groups in total. The number of halogens is 2. The molecule has 0 spiro atoms. The Morgan fingerprint density at radius 2 is 2.00 bits per heavy atom. The van der Waals surface area contributed by atoms with Crippen LogP contribution in [0.2, 0.25) is 0 Å². The summed E-state index contributed by atoms with van der Waals surface area (Å²) in [4.78, 5) is 22.5. The molecule has 0 saturated carbocycles. The lowest BCUT2D eigenvalue weighted by atomic mass is 10.1. The van der Waals surface area contributed by atoms with Gasteiger partial charge in [-0.1, -0.05) is 0 Å². The van der Waals surface area contributed by atoms with Gasteiger partial charge >= 0.3 is 5.97 Å². The van der Waals surface area contributed by atoms with Crippen LogP contribution in [0.4, 0.5) is 8.78 Å². The number of aromatic amines is 1. The fourth-order valence-corrected chi connectivity index (χ4v) is 2.20. The summed E-state index contributed by atoms with van der Waals surface area (Å²) < 4.78 is 31.7. The third-order valence-electron chi connectivity index (χ3n) is 3.05. The minimum Gasteiger partial charge on any atom is -0.424 e. The van der Waals surface area contributed by atoms with E-state index in [1.165, 1.54) is 19.2 Å². The Morgan fingerprint density at radius 3 is 2.68 bits per heavy atom. The van der Waals surface area contributed by atoms with Crippen molar-refractivity contribution in [2.75, 3.05) is 0 Å². The number of aromatic nitrogens is 3. The largest absolute Gasteiger partial charge is 0.424 e. The van der Waals surface area contributed by atoms with Crippen molar-refractivity contribution < 1.29 is 18.3 Å². The zero-order valence-corrected chi connectivity index (χ0v) is 11.8. The lowest BCUT2D eigenvalue weighted by Gasteiger charge is -2.07. The van der Waals surface area contributed by atoms with Gasteiger partial charge in [-0.2, -0.15) is 0 Å². The summed E-state index contributed by atoms with van der Waals surface area (Å²) in [5.41, 5.74) is 1.17. The monoisotopic (exact) mass is 303 g/mol. The van der Waals surface area contributed by atoms with Gasteiger partial charge in [0.25, 0.3) is 0 Å². The molecule has 7 heteroatoms. The average Bonchev–Trinajstić information content (AvgIpc) is 2.83. The summed E-state index contributed by atoms with van der Waals surface area (Å²) in [6.45, 7) is 2.94. The van der Waals surface area contributed by atoms with E-state index in [2.05, 4.69) is 15.0 Å². The van der Waals surface area contributed by atoms with Gasteiger partial charge in [0.2, 0.25) is 0 Å². The number of hydrogen-bond donors (Lipinski definition) is 1. The van der Waals surface area contributed by atoms with Crippen LogP contribution in [0.15, 0.2) is 24.4 Å². The van der Waals surface area contributed by atoms with E-state index in [-0.39, 0.29) is 5.75 Å². The van der Waals surface area contributed by atoms with Crippen LogP contribution in [0.5, 0.6) is 5.75 Å². The van der Waals surface area contributed by atoms with Gasteiger partial charge in [-0.15, -0.1) is 0 Å². The minimum atomic E-state index is -0.980. The van der Waals surface area contributed by atoms with Crippen LogP contribution in [0.3, 0.4) is 0 Å². The van der Waals surface area contributed by atoms with Crippen molar-refractivity contribution in [3.63, 3.8) is 0 Å². The quantitative estimate of drug-likeness (QED) is 0.738. The Bertz CT molecular complexity index is 890. The lowest BCUT2D eigenvalue weighted by Crippen LogP contribution is -2.02. The first-order valence-corrected chi connectivity index (χ1v) is 6.45. The summed E-state index contributed by atoms with van der Waals surface area (Å²) in [5.74, 6) is -1.74. The summed E-state index contributed by atoms with van der Waals surface area (Å²) >= 11 is 0. The molecule has 22 heavy (non-hydrogen) atoms. The predicted molar refractivity (Wildman–Crippen MR) is 75.3 cm³/mol. The first-order chi connectivity index (χ1) is 10.5. The Labute approximate surface area is 124 Å². The summed E-state index contributed by atoms with van der Waals surface area (Å²) in [7, 11) is 0. The van der Waals surface area contributed by atoms with Crippen LogP contribution < -0.4 is 4.74 Å². The van der Waals surface area contributed by atoms with Crippen molar-refractivity contribution in [1.82, 2.24) is 15.0 Å². The summed E-state index contributed by atoms with van der Waals surface area (Å²) in [5, 5.41) is 0.437.